The molecule has 0 atom stereocenters. The number of nitrogens with two attached hydrogens (primary N) is 1. The lowest BCUT2D eigenvalue weighted by Crippen LogP contribution is -2.47. The van der Waals surface area contributed by atoms with E-state index < -0.39 is 0 Å². The summed E-state index contributed by atoms with van der Waals surface area (Å²) in [5.74, 6) is 1.09. The summed E-state index contributed by atoms with van der Waals surface area (Å²) in [5, 5.41) is 3.71. The van der Waals surface area contributed by atoms with Gasteiger partial charge in [0, 0.05) is 26.2 Å². The highest BCUT2D eigenvalue weighted by Crippen LogP contribution is 2.21. The summed E-state index contributed by atoms with van der Waals surface area (Å²) in [7, 11) is 2.12. The predicted molar refractivity (Wildman–Crippen MR) is 86.0 cm³/mol. The molecule has 0 aromatic heterocycles. The van der Waals surface area contributed by atoms with Crippen molar-refractivity contribution in [1.82, 2.24) is 10.2 Å². The van der Waals surface area contributed by atoms with Gasteiger partial charge in [-0.1, -0.05) is 38.5 Å². The maximum absolute atomic E-state index is 5.71. The molecular formula is C16H32N4. The Balaban J connectivity index is 1.96. The molecule has 3 N–H and O–H groups in total. The minimum Gasteiger partial charge on any atom is -0.354 e. The monoisotopic (exact) mass is 280 g/mol. The van der Waals surface area contributed by atoms with Crippen molar-refractivity contribution in [2.45, 2.75) is 76.3 Å². The molecule has 0 aliphatic heterocycles. The first-order chi connectivity index (χ1) is 9.79. The zero-order valence-electron chi connectivity index (χ0n) is 13.1. The van der Waals surface area contributed by atoms with E-state index in [-0.39, 0.29) is 0 Å². The van der Waals surface area contributed by atoms with Gasteiger partial charge in [0.25, 0.3) is 0 Å². The van der Waals surface area contributed by atoms with Crippen molar-refractivity contribution in [1.29, 1.82) is 0 Å². The van der Waals surface area contributed by atoms with Crippen molar-refractivity contribution in [2.24, 2.45) is 10.7 Å². The van der Waals surface area contributed by atoms with Crippen LogP contribution in [0.4, 0.5) is 0 Å². The lowest BCUT2D eigenvalue weighted by atomic mass is 9.95. The Kier molecular flexibility index (Phi) is 6.64. The topological polar surface area (TPSA) is 53.6 Å². The molecule has 0 saturated heterocycles. The van der Waals surface area contributed by atoms with Crippen LogP contribution in [0.3, 0.4) is 0 Å². The van der Waals surface area contributed by atoms with E-state index in [0.717, 1.165) is 12.5 Å². The van der Waals surface area contributed by atoms with Gasteiger partial charge in [0.2, 0.25) is 0 Å². The molecule has 2 saturated carbocycles. The molecule has 0 heterocycles. The van der Waals surface area contributed by atoms with E-state index in [4.69, 9.17) is 10.7 Å². The number of aliphatic imine (C=N–C) groups is 1. The van der Waals surface area contributed by atoms with E-state index in [9.17, 15) is 0 Å². The third kappa shape index (κ3) is 4.97. The average molecular weight is 280 g/mol. The summed E-state index contributed by atoms with van der Waals surface area (Å²) in [6.45, 7) is 1.57. The summed E-state index contributed by atoms with van der Waals surface area (Å²) < 4.78 is 0. The predicted octanol–water partition coefficient (Wildman–Crippen LogP) is 2.49. The van der Waals surface area contributed by atoms with E-state index in [1.54, 1.807) is 0 Å². The Bertz CT molecular complexity index is 291. The van der Waals surface area contributed by atoms with E-state index in [1.807, 2.05) is 0 Å². The molecule has 2 fully saturated rings. The van der Waals surface area contributed by atoms with Crippen molar-refractivity contribution in [2.75, 3.05) is 20.1 Å². The Hall–Kier alpha value is -0.770. The van der Waals surface area contributed by atoms with Gasteiger partial charge in [0.1, 0.15) is 0 Å². The van der Waals surface area contributed by atoms with Gasteiger partial charge in [-0.05, 0) is 25.7 Å². The second-order valence-corrected chi connectivity index (χ2v) is 6.43. The fourth-order valence-corrected chi connectivity index (χ4v) is 3.36. The molecule has 4 heteroatoms. The number of nitrogens with one attached hydrogen (secondary N) is 1. The highest BCUT2D eigenvalue weighted by Gasteiger charge is 2.19. The lowest BCUT2D eigenvalue weighted by molar-refractivity contribution is 0.381. The Morgan fingerprint density at radius 2 is 1.65 bits per heavy atom. The van der Waals surface area contributed by atoms with Crippen molar-refractivity contribution < 1.29 is 0 Å². The van der Waals surface area contributed by atoms with Crippen LogP contribution in [0.2, 0.25) is 0 Å². The van der Waals surface area contributed by atoms with Gasteiger partial charge in [0.15, 0.2) is 5.96 Å². The normalized spacial score (nSPS) is 22.8. The van der Waals surface area contributed by atoms with Crippen LogP contribution in [0.5, 0.6) is 0 Å². The quantitative estimate of drug-likeness (QED) is 0.614. The third-order valence-electron chi connectivity index (χ3n) is 4.64. The minimum atomic E-state index is 0.523. The van der Waals surface area contributed by atoms with Crippen LogP contribution >= 0.6 is 0 Å². The van der Waals surface area contributed by atoms with Gasteiger partial charge in [-0.3, -0.25) is 0 Å². The van der Waals surface area contributed by atoms with Gasteiger partial charge in [-0.25, -0.2) is 4.99 Å². The van der Waals surface area contributed by atoms with Crippen LogP contribution in [0.25, 0.3) is 0 Å². The molecule has 0 spiro atoms. The van der Waals surface area contributed by atoms with Crippen LogP contribution in [-0.2, 0) is 0 Å². The SMILES string of the molecule is CN(CCN)C(=NC1CCCCC1)NC1CCCCC1. The minimum absolute atomic E-state index is 0.523. The maximum atomic E-state index is 5.71. The first kappa shape index (κ1) is 15.6. The van der Waals surface area contributed by atoms with Crippen molar-refractivity contribution in [3.63, 3.8) is 0 Å². The zero-order chi connectivity index (χ0) is 14.2. The number of hydrogen-bond acceptors (Lipinski definition) is 2. The summed E-state index contributed by atoms with van der Waals surface area (Å²) in [6, 6.07) is 1.14. The molecule has 2 aliphatic rings. The molecule has 20 heavy (non-hydrogen) atoms. The van der Waals surface area contributed by atoms with Crippen LogP contribution < -0.4 is 11.1 Å². The first-order valence-electron chi connectivity index (χ1n) is 8.55. The summed E-state index contributed by atoms with van der Waals surface area (Å²) >= 11 is 0. The van der Waals surface area contributed by atoms with Gasteiger partial charge in [0.05, 0.1) is 6.04 Å². The number of rotatable bonds is 4. The molecule has 0 radical (unpaired) electrons. The van der Waals surface area contributed by atoms with Crippen molar-refractivity contribution in [3.05, 3.63) is 0 Å². The number of guanidine groups is 1. The van der Waals surface area contributed by atoms with Crippen LogP contribution in [-0.4, -0.2) is 43.1 Å². The summed E-state index contributed by atoms with van der Waals surface area (Å²) in [4.78, 5) is 7.24. The number of hydrogen-bond donors (Lipinski definition) is 2. The largest absolute Gasteiger partial charge is 0.354 e. The Labute approximate surface area is 124 Å². The highest BCUT2D eigenvalue weighted by atomic mass is 15.3. The van der Waals surface area contributed by atoms with Crippen LogP contribution in [0.1, 0.15) is 64.2 Å². The van der Waals surface area contributed by atoms with Gasteiger partial charge >= 0.3 is 0 Å². The number of likely N-dealkylation sites (N-methyl/N-ethyl adjacent to an activating group) is 1. The second kappa shape index (κ2) is 8.50. The standard InChI is InChI=1S/C16H32N4/c1-20(13-12-17)16(18-14-8-4-2-5-9-14)19-15-10-6-3-7-11-15/h14-15H,2-13,17H2,1H3,(H,18,19). The molecule has 116 valence electrons. The maximum Gasteiger partial charge on any atom is 0.194 e. The number of nitrogens with zero attached hydrogens (tertiary/aromatic N) is 2. The molecule has 0 amide bonds. The van der Waals surface area contributed by atoms with Crippen molar-refractivity contribution >= 4 is 5.96 Å². The Morgan fingerprint density at radius 3 is 2.25 bits per heavy atom. The van der Waals surface area contributed by atoms with Gasteiger partial charge in [-0.2, -0.15) is 0 Å². The summed E-state index contributed by atoms with van der Waals surface area (Å²) in [5.41, 5.74) is 5.71. The van der Waals surface area contributed by atoms with E-state index >= 15 is 0 Å². The van der Waals surface area contributed by atoms with Gasteiger partial charge < -0.3 is 16.0 Å². The fraction of sp³-hybridized carbons (Fsp3) is 0.938. The molecule has 2 rings (SSSR count). The zero-order valence-corrected chi connectivity index (χ0v) is 13.1. The molecular weight excluding hydrogens is 248 g/mol. The molecule has 2 aliphatic carbocycles. The van der Waals surface area contributed by atoms with E-state index in [0.29, 0.717) is 18.6 Å². The molecule has 0 unspecified atom stereocenters. The molecule has 0 aromatic rings. The molecule has 0 bridgehead atoms. The fourth-order valence-electron chi connectivity index (χ4n) is 3.36. The van der Waals surface area contributed by atoms with E-state index in [2.05, 4.69) is 17.3 Å². The second-order valence-electron chi connectivity index (χ2n) is 6.43. The average Bonchev–Trinajstić information content (AvgIpc) is 2.49. The lowest BCUT2D eigenvalue weighted by Gasteiger charge is -2.30. The highest BCUT2D eigenvalue weighted by molar-refractivity contribution is 5.80. The molecule has 0 aromatic carbocycles. The summed E-state index contributed by atoms with van der Waals surface area (Å²) in [6.07, 6.45) is 13.3. The first-order valence-corrected chi connectivity index (χ1v) is 8.55. The smallest absolute Gasteiger partial charge is 0.194 e. The van der Waals surface area contributed by atoms with Crippen molar-refractivity contribution in [3.8, 4) is 0 Å². The van der Waals surface area contributed by atoms with E-state index in [1.165, 1.54) is 64.2 Å². The Morgan fingerprint density at radius 1 is 1.05 bits per heavy atom. The third-order valence-corrected chi connectivity index (χ3v) is 4.64. The van der Waals surface area contributed by atoms with Crippen LogP contribution in [0.15, 0.2) is 4.99 Å². The molecule has 4 nitrogen and oxygen atoms in total. The van der Waals surface area contributed by atoms with Gasteiger partial charge in [-0.15, -0.1) is 0 Å². The van der Waals surface area contributed by atoms with Crippen LogP contribution in [0, 0.1) is 0 Å².